The topological polar surface area (TPSA) is 126 Å². The maximum Gasteiger partial charge on any atom is 0.490 e. The fourth-order valence-corrected chi connectivity index (χ4v) is 4.25. The molecule has 2 aliphatic rings. The van der Waals surface area contributed by atoms with E-state index in [4.69, 9.17) is 14.6 Å². The van der Waals surface area contributed by atoms with Gasteiger partial charge in [-0.15, -0.1) is 0 Å². The van der Waals surface area contributed by atoms with Crippen molar-refractivity contribution in [2.45, 2.75) is 12.3 Å². The number of nitrogens with zero attached hydrogens (tertiary/aromatic N) is 4. The second kappa shape index (κ2) is 10.3. The fourth-order valence-electron chi connectivity index (χ4n) is 4.25. The molecule has 2 amide bonds. The van der Waals surface area contributed by atoms with Gasteiger partial charge in [-0.25, -0.2) is 9.78 Å². The lowest BCUT2D eigenvalue weighted by Gasteiger charge is -2.20. The number of hydrogen-bond donors (Lipinski definition) is 2. The summed E-state index contributed by atoms with van der Waals surface area (Å²) in [7, 11) is 0. The Kier molecular flexibility index (Phi) is 7.20. The summed E-state index contributed by atoms with van der Waals surface area (Å²) in [6.45, 7) is 2.31. The van der Waals surface area contributed by atoms with Gasteiger partial charge in [-0.05, 0) is 24.3 Å². The van der Waals surface area contributed by atoms with Gasteiger partial charge in [0.1, 0.15) is 11.3 Å². The summed E-state index contributed by atoms with van der Waals surface area (Å²) in [5.74, 6) is -2.54. The van der Waals surface area contributed by atoms with E-state index in [2.05, 4.69) is 15.3 Å². The number of halogens is 3. The third-order valence-corrected chi connectivity index (χ3v) is 6.05. The number of pyridine rings is 2. The predicted molar refractivity (Wildman–Crippen MR) is 118 cm³/mol. The second-order valence-electron chi connectivity index (χ2n) is 8.33. The molecule has 2 aliphatic heterocycles. The number of amides is 2. The van der Waals surface area contributed by atoms with Crippen LogP contribution < -0.4 is 5.32 Å². The molecule has 2 fully saturated rings. The number of fused-ring (bicyclic) bond motifs is 2. The molecule has 190 valence electrons. The Morgan fingerprint density at radius 2 is 1.92 bits per heavy atom. The third-order valence-electron chi connectivity index (χ3n) is 6.05. The number of aromatic nitrogens is 3. The van der Waals surface area contributed by atoms with Crippen LogP contribution in [-0.4, -0.2) is 80.7 Å². The summed E-state index contributed by atoms with van der Waals surface area (Å²) >= 11 is 0. The molecule has 10 nitrogen and oxygen atoms in total. The van der Waals surface area contributed by atoms with Crippen LogP contribution in [0.2, 0.25) is 0 Å². The van der Waals surface area contributed by atoms with Crippen molar-refractivity contribution in [3.05, 3.63) is 66.4 Å². The highest BCUT2D eigenvalue weighted by atomic mass is 19.4. The molecule has 0 saturated carbocycles. The molecule has 0 radical (unpaired) electrons. The van der Waals surface area contributed by atoms with E-state index in [1.807, 2.05) is 33.7 Å². The molecular weight excluding hydrogens is 483 g/mol. The predicted octanol–water partition coefficient (Wildman–Crippen LogP) is 1.88. The summed E-state index contributed by atoms with van der Waals surface area (Å²) in [5.41, 5.74) is 1.85. The number of nitrogens with one attached hydrogen (secondary N) is 1. The van der Waals surface area contributed by atoms with E-state index in [1.165, 1.54) is 0 Å². The normalized spacial score (nSPS) is 21.0. The molecule has 3 aromatic heterocycles. The van der Waals surface area contributed by atoms with Gasteiger partial charge >= 0.3 is 12.1 Å². The fraction of sp³-hybridized carbons (Fsp3) is 0.348. The highest BCUT2D eigenvalue weighted by Crippen LogP contribution is 2.34. The van der Waals surface area contributed by atoms with E-state index < -0.39 is 12.1 Å². The summed E-state index contributed by atoms with van der Waals surface area (Å²) in [4.78, 5) is 44.3. The molecule has 5 rings (SSSR count). The SMILES string of the molecule is O=C(NC[C@H]1CO[C@@H]2CN(C(=O)c3cnc4ccccn34)C[C@H]12)c1cccnc1.O=C(O)C(F)(F)F. The molecule has 0 bridgehead atoms. The van der Waals surface area contributed by atoms with Gasteiger partial charge in [-0.1, -0.05) is 6.07 Å². The number of carbonyl (C=O) groups is 3. The quantitative estimate of drug-likeness (QED) is 0.555. The lowest BCUT2D eigenvalue weighted by molar-refractivity contribution is -0.192. The average molecular weight is 505 g/mol. The highest BCUT2D eigenvalue weighted by molar-refractivity contribution is 5.94. The van der Waals surface area contributed by atoms with Crippen LogP contribution in [0.4, 0.5) is 13.2 Å². The average Bonchev–Trinajstić information content (AvgIpc) is 3.57. The van der Waals surface area contributed by atoms with E-state index in [0.29, 0.717) is 37.5 Å². The molecule has 36 heavy (non-hydrogen) atoms. The molecule has 5 heterocycles. The molecule has 2 N–H and O–H groups in total. The van der Waals surface area contributed by atoms with Crippen LogP contribution in [0.15, 0.2) is 55.1 Å². The van der Waals surface area contributed by atoms with Gasteiger partial charge in [-0.3, -0.25) is 19.0 Å². The van der Waals surface area contributed by atoms with Crippen molar-refractivity contribution >= 4 is 23.4 Å². The number of carboxylic acid groups (broad SMARTS) is 1. The Bertz CT molecular complexity index is 1250. The van der Waals surface area contributed by atoms with E-state index in [1.54, 1.807) is 30.7 Å². The van der Waals surface area contributed by atoms with Crippen molar-refractivity contribution in [1.29, 1.82) is 0 Å². The van der Waals surface area contributed by atoms with Gasteiger partial charge in [-0.2, -0.15) is 13.2 Å². The molecule has 0 aliphatic carbocycles. The molecule has 0 aromatic carbocycles. The number of ether oxygens (including phenoxy) is 1. The number of aliphatic carboxylic acids is 1. The zero-order valence-corrected chi connectivity index (χ0v) is 18.8. The van der Waals surface area contributed by atoms with Gasteiger partial charge in [0.05, 0.1) is 24.5 Å². The maximum atomic E-state index is 13.0. The number of hydrogen-bond acceptors (Lipinski definition) is 6. The molecule has 3 atom stereocenters. The largest absolute Gasteiger partial charge is 0.490 e. The van der Waals surface area contributed by atoms with Crippen molar-refractivity contribution in [3.8, 4) is 0 Å². The van der Waals surface area contributed by atoms with Crippen LogP contribution in [0.1, 0.15) is 20.8 Å². The standard InChI is InChI=1S/C21H21N5O3.C2HF3O2/c27-20(14-4-3-6-22-8-14)24-9-15-13-29-18-12-25(11-16(15)18)21(28)17-10-23-19-5-1-2-7-26(17)19;3-2(4,5)1(6)7/h1-8,10,15-16,18H,9,11-13H2,(H,24,27);(H,6,7)/t15-,16+,18+;/m0./s1. The summed E-state index contributed by atoms with van der Waals surface area (Å²) in [6, 6.07) is 9.13. The van der Waals surface area contributed by atoms with E-state index in [9.17, 15) is 22.8 Å². The first kappa shape index (κ1) is 25.1. The van der Waals surface area contributed by atoms with Crippen molar-refractivity contribution in [2.75, 3.05) is 26.2 Å². The van der Waals surface area contributed by atoms with Gasteiger partial charge in [0.2, 0.25) is 0 Å². The zero-order valence-electron chi connectivity index (χ0n) is 18.8. The minimum atomic E-state index is -5.08. The van der Waals surface area contributed by atoms with Crippen LogP contribution in [-0.2, 0) is 9.53 Å². The summed E-state index contributed by atoms with van der Waals surface area (Å²) in [6.07, 6.45) is 1.59. The van der Waals surface area contributed by atoms with E-state index in [0.717, 1.165) is 5.65 Å². The number of imidazole rings is 1. The summed E-state index contributed by atoms with van der Waals surface area (Å²) < 4.78 is 39.5. The van der Waals surface area contributed by atoms with Gasteiger partial charge in [0.25, 0.3) is 11.8 Å². The molecule has 0 unspecified atom stereocenters. The second-order valence-corrected chi connectivity index (χ2v) is 8.33. The number of alkyl halides is 3. The van der Waals surface area contributed by atoms with Crippen LogP contribution in [0, 0.1) is 11.8 Å². The molecule has 2 saturated heterocycles. The van der Waals surface area contributed by atoms with Gasteiger partial charge < -0.3 is 20.1 Å². The lowest BCUT2D eigenvalue weighted by atomic mass is 9.93. The van der Waals surface area contributed by atoms with Crippen molar-refractivity contribution < 1.29 is 37.4 Å². The van der Waals surface area contributed by atoms with Crippen molar-refractivity contribution in [2.24, 2.45) is 11.8 Å². The van der Waals surface area contributed by atoms with Crippen LogP contribution in [0.3, 0.4) is 0 Å². The lowest BCUT2D eigenvalue weighted by Crippen LogP contribution is -2.35. The van der Waals surface area contributed by atoms with Crippen LogP contribution >= 0.6 is 0 Å². The molecule has 13 heteroatoms. The first-order chi connectivity index (χ1) is 17.1. The Hall–Kier alpha value is -4.00. The Morgan fingerprint density at radius 1 is 1.14 bits per heavy atom. The minimum Gasteiger partial charge on any atom is -0.475 e. The van der Waals surface area contributed by atoms with Crippen LogP contribution in [0.5, 0.6) is 0 Å². The Labute approximate surface area is 202 Å². The molecular formula is C23H22F3N5O5. The highest BCUT2D eigenvalue weighted by Gasteiger charge is 2.45. The van der Waals surface area contributed by atoms with Crippen LogP contribution in [0.25, 0.3) is 5.65 Å². The first-order valence-electron chi connectivity index (χ1n) is 11.0. The minimum absolute atomic E-state index is 0.0124. The number of rotatable bonds is 4. The smallest absolute Gasteiger partial charge is 0.475 e. The van der Waals surface area contributed by atoms with Crippen molar-refractivity contribution in [3.63, 3.8) is 0 Å². The Morgan fingerprint density at radius 3 is 2.61 bits per heavy atom. The van der Waals surface area contributed by atoms with E-state index in [-0.39, 0.29) is 29.8 Å². The van der Waals surface area contributed by atoms with Crippen molar-refractivity contribution in [1.82, 2.24) is 24.6 Å². The first-order valence-corrected chi connectivity index (χ1v) is 11.0. The number of carbonyl (C=O) groups excluding carboxylic acids is 2. The van der Waals surface area contributed by atoms with Gasteiger partial charge in [0, 0.05) is 50.1 Å². The number of likely N-dealkylation sites (tertiary alicyclic amines) is 1. The maximum absolute atomic E-state index is 13.0. The summed E-state index contributed by atoms with van der Waals surface area (Å²) in [5, 5.41) is 10.1. The Balaban J connectivity index is 0.000000384. The number of carboxylic acids is 1. The zero-order chi connectivity index (χ0) is 25.9. The molecule has 0 spiro atoms. The van der Waals surface area contributed by atoms with Gasteiger partial charge in [0.15, 0.2) is 0 Å². The third kappa shape index (κ3) is 5.46. The monoisotopic (exact) mass is 505 g/mol. The van der Waals surface area contributed by atoms with E-state index >= 15 is 0 Å². The molecule has 3 aromatic rings.